The Morgan fingerprint density at radius 1 is 0.692 bits per heavy atom. The van der Waals surface area contributed by atoms with Gasteiger partial charge in [0.05, 0.1) is 13.2 Å². The highest BCUT2D eigenvalue weighted by molar-refractivity contribution is 9.10. The van der Waals surface area contributed by atoms with Crippen molar-refractivity contribution in [2.75, 3.05) is 26.4 Å². The molecule has 14 heteroatoms. The monoisotopic (exact) mass is 771 g/mol. The van der Waals surface area contributed by atoms with Gasteiger partial charge in [0.15, 0.2) is 23.1 Å². The van der Waals surface area contributed by atoms with Gasteiger partial charge >= 0.3 is 0 Å². The van der Waals surface area contributed by atoms with Crippen molar-refractivity contribution in [3.8, 4) is 39.9 Å². The van der Waals surface area contributed by atoms with Crippen molar-refractivity contribution < 1.29 is 37.2 Å². The zero-order valence-electron chi connectivity index (χ0n) is 27.4. The van der Waals surface area contributed by atoms with E-state index in [1.165, 1.54) is 36.5 Å². The predicted octanol–water partition coefficient (Wildman–Crippen LogP) is 7.10. The van der Waals surface area contributed by atoms with Crippen LogP contribution in [-0.4, -0.2) is 48.2 Å². The van der Waals surface area contributed by atoms with Crippen LogP contribution in [0.15, 0.2) is 93.5 Å². The van der Waals surface area contributed by atoms with Gasteiger partial charge in [-0.15, -0.1) is 0 Å². The van der Waals surface area contributed by atoms with Crippen LogP contribution in [0.5, 0.6) is 28.7 Å². The summed E-state index contributed by atoms with van der Waals surface area (Å²) in [5.74, 6) is -0.0458. The lowest BCUT2D eigenvalue weighted by Gasteiger charge is -2.39. The Kier molecular flexibility index (Phi) is 8.20. The number of amidine groups is 2. The standard InChI is InChI=1S/C21H15F2N3O3.C17H14BrFN2O2/c22-16-6-12(11-3-4-25-18(23)7-11)5-15-20(16)29-17-2-1-13(27)8-14(17)21(15)10-28-9-19(24)26-21;1-9-2-3-14-11(4-9)17(8-22-7-15(20)21-17)12-5-10(18)6-13(19)16(12)23-14/h1-8,27H,9-10H2,(H2,24,26);2-6H,7-8H2,1H3,(H2,20,21)/t21-;17-/m00/s1. The normalized spacial score (nSPS) is 20.9. The minimum atomic E-state index is -1.20. The van der Waals surface area contributed by atoms with Crippen LogP contribution in [0.1, 0.15) is 27.8 Å². The number of ether oxygens (including phenoxy) is 4. The summed E-state index contributed by atoms with van der Waals surface area (Å²) in [5, 5.41) is 10.0. The van der Waals surface area contributed by atoms with Crippen molar-refractivity contribution in [1.29, 1.82) is 0 Å². The van der Waals surface area contributed by atoms with Crippen molar-refractivity contribution in [1.82, 2.24) is 4.98 Å². The van der Waals surface area contributed by atoms with Crippen molar-refractivity contribution in [3.63, 3.8) is 0 Å². The first-order chi connectivity index (χ1) is 25.0. The van der Waals surface area contributed by atoms with E-state index in [1.54, 1.807) is 18.2 Å². The van der Waals surface area contributed by atoms with Crippen molar-refractivity contribution in [2.24, 2.45) is 21.5 Å². The largest absolute Gasteiger partial charge is 0.508 e. The summed E-state index contributed by atoms with van der Waals surface area (Å²) in [6, 6.07) is 19.2. The van der Waals surface area contributed by atoms with Crippen LogP contribution in [0, 0.1) is 24.5 Å². The van der Waals surface area contributed by atoms with Gasteiger partial charge in [0.25, 0.3) is 0 Å². The lowest BCUT2D eigenvalue weighted by Crippen LogP contribution is -2.42. The summed E-state index contributed by atoms with van der Waals surface area (Å²) in [6.45, 7) is 2.77. The maximum absolute atomic E-state index is 15.1. The number of aromatic nitrogens is 1. The van der Waals surface area contributed by atoms with Gasteiger partial charge in [-0.25, -0.2) is 13.8 Å². The maximum Gasteiger partial charge on any atom is 0.213 e. The van der Waals surface area contributed by atoms with Crippen molar-refractivity contribution in [2.45, 2.75) is 18.0 Å². The van der Waals surface area contributed by atoms with Crippen LogP contribution in [0.4, 0.5) is 13.2 Å². The molecule has 0 amide bonds. The molecule has 264 valence electrons. The molecular weight excluding hydrogens is 743 g/mol. The highest BCUT2D eigenvalue weighted by atomic mass is 79.9. The second-order valence-corrected chi connectivity index (χ2v) is 13.7. The summed E-state index contributed by atoms with van der Waals surface area (Å²) < 4.78 is 66.8. The molecule has 5 aromatic rings. The number of halogens is 4. The average Bonchev–Trinajstić information content (AvgIpc) is 3.10. The molecule has 4 aromatic carbocycles. The number of phenols is 1. The third-order valence-electron chi connectivity index (χ3n) is 9.21. The van der Waals surface area contributed by atoms with E-state index in [-0.39, 0.29) is 49.5 Å². The molecule has 52 heavy (non-hydrogen) atoms. The fraction of sp³-hybridized carbons (Fsp3) is 0.184. The summed E-state index contributed by atoms with van der Waals surface area (Å²) in [4.78, 5) is 12.8. The predicted molar refractivity (Wildman–Crippen MR) is 190 cm³/mol. The molecular formula is C38H29BrF3N5O5. The summed E-state index contributed by atoms with van der Waals surface area (Å²) >= 11 is 3.34. The van der Waals surface area contributed by atoms with Gasteiger partial charge in [0, 0.05) is 39.0 Å². The number of rotatable bonds is 1. The Labute approximate surface area is 303 Å². The van der Waals surface area contributed by atoms with Gasteiger partial charge in [-0.3, -0.25) is 9.98 Å². The quantitative estimate of drug-likeness (QED) is 0.153. The topological polar surface area (TPSA) is 147 Å². The number of aryl methyl sites for hydroxylation is 1. The van der Waals surface area contributed by atoms with Gasteiger partial charge in [-0.1, -0.05) is 27.6 Å². The Bertz CT molecular complexity index is 2360. The Balaban J connectivity index is 0.000000153. The molecule has 0 saturated heterocycles. The van der Waals surface area contributed by atoms with E-state index >= 15 is 4.39 Å². The molecule has 0 bridgehead atoms. The fourth-order valence-electron chi connectivity index (χ4n) is 7.00. The lowest BCUT2D eigenvalue weighted by atomic mass is 9.79. The molecule has 4 aliphatic heterocycles. The number of pyridine rings is 1. The Morgan fingerprint density at radius 3 is 1.92 bits per heavy atom. The number of nitrogens with zero attached hydrogens (tertiary/aromatic N) is 3. The molecule has 9 rings (SSSR count). The van der Waals surface area contributed by atoms with Crippen LogP contribution in [0.3, 0.4) is 0 Å². The molecule has 0 unspecified atom stereocenters. The van der Waals surface area contributed by atoms with E-state index in [4.69, 9.17) is 30.4 Å². The highest BCUT2D eigenvalue weighted by Crippen LogP contribution is 2.54. The van der Waals surface area contributed by atoms with E-state index in [2.05, 4.69) is 30.9 Å². The van der Waals surface area contributed by atoms with Crippen LogP contribution in [-0.2, 0) is 20.6 Å². The highest BCUT2D eigenvalue weighted by Gasteiger charge is 2.47. The first-order valence-electron chi connectivity index (χ1n) is 16.1. The van der Waals surface area contributed by atoms with Gasteiger partial charge < -0.3 is 35.5 Å². The van der Waals surface area contributed by atoms with E-state index in [9.17, 15) is 13.9 Å². The second kappa shape index (κ2) is 12.7. The number of fused-ring (bicyclic) bond motifs is 8. The van der Waals surface area contributed by atoms with Gasteiger partial charge in [0.1, 0.15) is 53.2 Å². The summed E-state index contributed by atoms with van der Waals surface area (Å²) in [5.41, 5.74) is 14.1. The van der Waals surface area contributed by atoms with Gasteiger partial charge in [-0.05, 0) is 78.7 Å². The molecule has 0 fully saturated rings. The first kappa shape index (κ1) is 33.7. The smallest absolute Gasteiger partial charge is 0.213 e. The number of aliphatic imine (C=N–C) groups is 2. The number of nitrogens with two attached hydrogens (primary N) is 2. The number of aromatic hydroxyl groups is 1. The fourth-order valence-corrected chi connectivity index (χ4v) is 7.43. The van der Waals surface area contributed by atoms with E-state index in [0.717, 1.165) is 11.1 Å². The van der Waals surface area contributed by atoms with Gasteiger partial charge in [-0.2, -0.15) is 4.39 Å². The first-order valence-corrected chi connectivity index (χ1v) is 16.8. The molecule has 1 aromatic heterocycles. The molecule has 2 spiro atoms. The molecule has 2 atom stereocenters. The van der Waals surface area contributed by atoms with E-state index in [0.29, 0.717) is 49.6 Å². The summed E-state index contributed by atoms with van der Waals surface area (Å²) in [7, 11) is 0. The van der Waals surface area contributed by atoms with Crippen LogP contribution < -0.4 is 20.9 Å². The Hall–Kier alpha value is -5.44. The molecule has 5 N–H and O–H groups in total. The zero-order chi connectivity index (χ0) is 36.4. The van der Waals surface area contributed by atoms with Crippen molar-refractivity contribution >= 4 is 27.6 Å². The van der Waals surface area contributed by atoms with Crippen LogP contribution in [0.2, 0.25) is 0 Å². The van der Waals surface area contributed by atoms with E-state index in [1.807, 2.05) is 31.2 Å². The number of benzene rings is 4. The zero-order valence-corrected chi connectivity index (χ0v) is 29.0. The molecule has 10 nitrogen and oxygen atoms in total. The van der Waals surface area contributed by atoms with E-state index < -0.39 is 28.7 Å². The Morgan fingerprint density at radius 2 is 1.29 bits per heavy atom. The third kappa shape index (κ3) is 5.63. The second-order valence-electron chi connectivity index (χ2n) is 12.8. The molecule has 0 aliphatic carbocycles. The molecule has 5 heterocycles. The van der Waals surface area contributed by atoms with Gasteiger partial charge in [0.2, 0.25) is 5.95 Å². The molecule has 4 aliphatic rings. The lowest BCUT2D eigenvalue weighted by molar-refractivity contribution is 0.109. The average molecular weight is 773 g/mol. The van der Waals surface area contributed by atoms with Crippen molar-refractivity contribution in [3.05, 3.63) is 129 Å². The minimum absolute atomic E-state index is 0.00218. The number of hydrogen-bond acceptors (Lipinski definition) is 10. The molecule has 0 radical (unpaired) electrons. The number of phenolic OH excluding ortho intramolecular Hbond substituents is 1. The third-order valence-corrected chi connectivity index (χ3v) is 9.66. The van der Waals surface area contributed by atoms with Crippen LogP contribution >= 0.6 is 15.9 Å². The summed E-state index contributed by atoms with van der Waals surface area (Å²) in [6.07, 6.45) is 1.31. The molecule has 0 saturated carbocycles. The SMILES string of the molecule is Cc1ccc2c(c1)[C@@]1(COCC(N)=N1)c1cc(Br)cc(F)c1O2.NC1=N[C@@]2(COC1)c1cc(O)ccc1Oc1c(F)cc(-c3ccnc(F)c3)cc12. The number of hydrogen-bond donors (Lipinski definition) is 3. The minimum Gasteiger partial charge on any atom is -0.508 e. The van der Waals surface area contributed by atoms with Crippen LogP contribution in [0.25, 0.3) is 11.1 Å². The maximum atomic E-state index is 15.1.